The lowest BCUT2D eigenvalue weighted by Crippen LogP contribution is -2.25. The molecule has 0 saturated heterocycles. The Bertz CT molecular complexity index is 785. The Balaban J connectivity index is 2.34. The molecular weight excluding hydrogens is 344 g/mol. The van der Waals surface area contributed by atoms with Crippen molar-refractivity contribution in [2.75, 3.05) is 13.2 Å². The number of hydrogen-bond acceptors (Lipinski definition) is 6. The minimum atomic E-state index is -0.632. The van der Waals surface area contributed by atoms with Gasteiger partial charge < -0.3 is 19.9 Å². The van der Waals surface area contributed by atoms with Crippen molar-refractivity contribution >= 4 is 5.97 Å². The molecule has 0 bridgehead atoms. The van der Waals surface area contributed by atoms with Crippen molar-refractivity contribution in [3.63, 3.8) is 0 Å². The van der Waals surface area contributed by atoms with E-state index in [-0.39, 0.29) is 23.6 Å². The van der Waals surface area contributed by atoms with Crippen LogP contribution in [-0.2, 0) is 14.3 Å². The summed E-state index contributed by atoms with van der Waals surface area (Å²) in [5.41, 5.74) is 7.12. The first kappa shape index (κ1) is 20.4. The van der Waals surface area contributed by atoms with Crippen LogP contribution in [0, 0.1) is 17.2 Å². The fourth-order valence-corrected chi connectivity index (χ4v) is 2.86. The van der Waals surface area contributed by atoms with Gasteiger partial charge >= 0.3 is 5.97 Å². The smallest absolute Gasteiger partial charge is 0.338 e. The summed E-state index contributed by atoms with van der Waals surface area (Å²) in [7, 11) is 0. The number of carbonyl (C=O) groups is 1. The molecule has 0 saturated carbocycles. The van der Waals surface area contributed by atoms with Gasteiger partial charge in [-0.05, 0) is 43.9 Å². The van der Waals surface area contributed by atoms with Crippen LogP contribution >= 0.6 is 0 Å². The van der Waals surface area contributed by atoms with Crippen molar-refractivity contribution in [2.45, 2.75) is 40.0 Å². The van der Waals surface area contributed by atoms with Crippen molar-refractivity contribution in [1.82, 2.24) is 0 Å². The Kier molecular flexibility index (Phi) is 6.89. The van der Waals surface area contributed by atoms with E-state index in [1.54, 1.807) is 13.8 Å². The average Bonchev–Trinajstić information content (AvgIpc) is 2.61. The fraction of sp³-hybridized carbons (Fsp3) is 0.429. The van der Waals surface area contributed by atoms with Gasteiger partial charge in [0.05, 0.1) is 24.7 Å². The molecule has 2 N–H and O–H groups in total. The molecule has 0 fully saturated rings. The fourth-order valence-electron chi connectivity index (χ4n) is 2.86. The molecule has 1 atom stereocenters. The van der Waals surface area contributed by atoms with Crippen molar-refractivity contribution in [3.05, 3.63) is 52.6 Å². The molecule has 1 aromatic carbocycles. The molecule has 1 unspecified atom stereocenters. The molecule has 0 aromatic heterocycles. The first-order valence-electron chi connectivity index (χ1n) is 9.07. The van der Waals surface area contributed by atoms with Crippen LogP contribution in [0.2, 0.25) is 0 Å². The molecule has 0 aliphatic carbocycles. The Morgan fingerprint density at radius 2 is 2.00 bits per heavy atom. The third kappa shape index (κ3) is 4.82. The van der Waals surface area contributed by atoms with Gasteiger partial charge in [0.2, 0.25) is 5.88 Å². The van der Waals surface area contributed by atoms with Crippen LogP contribution in [0.3, 0.4) is 0 Å². The number of hydrogen-bond donors (Lipinski definition) is 1. The first-order valence-corrected chi connectivity index (χ1v) is 9.07. The molecule has 1 heterocycles. The zero-order valence-corrected chi connectivity index (χ0v) is 16.2. The van der Waals surface area contributed by atoms with E-state index in [0.717, 1.165) is 17.7 Å². The molecule has 0 radical (unpaired) electrons. The van der Waals surface area contributed by atoms with Crippen LogP contribution in [-0.4, -0.2) is 19.2 Å². The van der Waals surface area contributed by atoms with Crippen LogP contribution in [0.4, 0.5) is 0 Å². The second-order valence-electron chi connectivity index (χ2n) is 6.72. The molecule has 6 heteroatoms. The Morgan fingerprint density at radius 3 is 2.56 bits per heavy atom. The summed E-state index contributed by atoms with van der Waals surface area (Å²) in [4.78, 5) is 12.5. The second-order valence-corrected chi connectivity index (χ2v) is 6.72. The maximum Gasteiger partial charge on any atom is 0.338 e. The molecule has 0 spiro atoms. The van der Waals surface area contributed by atoms with Gasteiger partial charge in [-0.15, -0.1) is 0 Å². The Morgan fingerprint density at radius 1 is 1.33 bits per heavy atom. The number of esters is 1. The van der Waals surface area contributed by atoms with E-state index in [1.165, 1.54) is 0 Å². The predicted octanol–water partition coefficient (Wildman–Crippen LogP) is 3.76. The van der Waals surface area contributed by atoms with Gasteiger partial charge in [-0.3, -0.25) is 0 Å². The molecule has 144 valence electrons. The van der Waals surface area contributed by atoms with Gasteiger partial charge in [-0.25, -0.2) is 4.79 Å². The summed E-state index contributed by atoms with van der Waals surface area (Å²) in [6, 6.07) is 9.39. The van der Waals surface area contributed by atoms with Crippen molar-refractivity contribution in [3.8, 4) is 11.8 Å². The average molecular weight is 370 g/mol. The quantitative estimate of drug-likeness (QED) is 0.735. The lowest BCUT2D eigenvalue weighted by atomic mass is 9.83. The van der Waals surface area contributed by atoms with Crippen LogP contribution in [0.5, 0.6) is 5.75 Å². The van der Waals surface area contributed by atoms with Gasteiger partial charge in [0.1, 0.15) is 23.2 Å². The second kappa shape index (κ2) is 9.13. The van der Waals surface area contributed by atoms with Crippen LogP contribution in [0.25, 0.3) is 0 Å². The summed E-state index contributed by atoms with van der Waals surface area (Å²) in [5.74, 6) is 0.501. The maximum absolute atomic E-state index is 12.5. The molecule has 1 aliphatic rings. The molecule has 1 aromatic rings. The number of nitrogens with zero attached hydrogens (tertiary/aromatic N) is 1. The zero-order valence-electron chi connectivity index (χ0n) is 16.2. The summed E-state index contributed by atoms with van der Waals surface area (Å²) in [6.45, 7) is 8.52. The molecule has 6 nitrogen and oxygen atoms in total. The minimum absolute atomic E-state index is 0.00492. The third-order valence-electron chi connectivity index (χ3n) is 4.28. The first-order chi connectivity index (χ1) is 12.9. The largest absolute Gasteiger partial charge is 0.494 e. The van der Waals surface area contributed by atoms with E-state index in [4.69, 9.17) is 19.9 Å². The van der Waals surface area contributed by atoms with E-state index >= 15 is 0 Å². The minimum Gasteiger partial charge on any atom is -0.494 e. The number of carbonyl (C=O) groups excluding carboxylic acids is 1. The lowest BCUT2D eigenvalue weighted by Gasteiger charge is -2.26. The number of ether oxygens (including phenoxy) is 3. The highest BCUT2D eigenvalue weighted by atomic mass is 16.5. The number of rotatable bonds is 7. The Hall–Kier alpha value is -2.94. The van der Waals surface area contributed by atoms with Crippen molar-refractivity contribution in [2.24, 2.45) is 11.7 Å². The number of nitrogens with two attached hydrogens (primary N) is 1. The number of benzene rings is 1. The lowest BCUT2D eigenvalue weighted by molar-refractivity contribution is -0.139. The van der Waals surface area contributed by atoms with Crippen LogP contribution < -0.4 is 10.5 Å². The SMILES string of the molecule is CCOC(=O)C1=C(C)OC(N)=C(C#N)C1c1ccc(OCCC(C)C)cc1. The summed E-state index contributed by atoms with van der Waals surface area (Å²) < 4.78 is 16.3. The molecule has 0 amide bonds. The molecular formula is C21H26N2O4. The number of nitriles is 1. The van der Waals surface area contributed by atoms with Gasteiger partial charge in [0.25, 0.3) is 0 Å². The van der Waals surface area contributed by atoms with Gasteiger partial charge in [-0.2, -0.15) is 5.26 Å². The topological polar surface area (TPSA) is 94.6 Å². The molecule has 1 aliphatic heterocycles. The summed E-state index contributed by atoms with van der Waals surface area (Å²) in [6.07, 6.45) is 0.967. The number of allylic oxidation sites excluding steroid dienone is 2. The third-order valence-corrected chi connectivity index (χ3v) is 4.28. The zero-order chi connectivity index (χ0) is 20.0. The van der Waals surface area contributed by atoms with Gasteiger partial charge in [0.15, 0.2) is 0 Å². The highest BCUT2D eigenvalue weighted by Gasteiger charge is 2.36. The Labute approximate surface area is 160 Å². The normalized spacial score (nSPS) is 16.8. The summed E-state index contributed by atoms with van der Waals surface area (Å²) in [5, 5.41) is 9.56. The maximum atomic E-state index is 12.5. The van der Waals surface area contributed by atoms with Gasteiger partial charge in [0, 0.05) is 0 Å². The van der Waals surface area contributed by atoms with E-state index in [1.807, 2.05) is 24.3 Å². The molecule has 27 heavy (non-hydrogen) atoms. The van der Waals surface area contributed by atoms with Crippen molar-refractivity contribution < 1.29 is 19.0 Å². The van der Waals surface area contributed by atoms with Crippen LogP contribution in [0.1, 0.15) is 45.6 Å². The highest BCUT2D eigenvalue weighted by Crippen LogP contribution is 2.39. The van der Waals surface area contributed by atoms with Gasteiger partial charge in [-0.1, -0.05) is 26.0 Å². The van der Waals surface area contributed by atoms with Crippen LogP contribution in [0.15, 0.2) is 47.1 Å². The van der Waals surface area contributed by atoms with E-state index < -0.39 is 11.9 Å². The predicted molar refractivity (Wildman–Crippen MR) is 101 cm³/mol. The summed E-state index contributed by atoms with van der Waals surface area (Å²) >= 11 is 0. The van der Waals surface area contributed by atoms with E-state index in [2.05, 4.69) is 19.9 Å². The van der Waals surface area contributed by atoms with Crippen molar-refractivity contribution in [1.29, 1.82) is 5.26 Å². The van der Waals surface area contributed by atoms with E-state index in [0.29, 0.717) is 18.3 Å². The molecule has 2 rings (SSSR count). The monoisotopic (exact) mass is 370 g/mol. The standard InChI is InChI=1S/C21H26N2O4/c1-5-25-21(24)18-14(4)27-20(23)17(12-22)19(18)15-6-8-16(9-7-15)26-11-10-13(2)3/h6-9,13,19H,5,10-11,23H2,1-4H3. The highest BCUT2D eigenvalue weighted by molar-refractivity contribution is 5.92. The van der Waals surface area contributed by atoms with E-state index in [9.17, 15) is 10.1 Å².